The Kier molecular flexibility index (Phi) is 2.78. The van der Waals surface area contributed by atoms with Crippen molar-refractivity contribution in [3.63, 3.8) is 0 Å². The van der Waals surface area contributed by atoms with E-state index in [-0.39, 0.29) is 0 Å². The average Bonchev–Trinajstić information content (AvgIpc) is 2.38. The minimum Gasteiger partial charge on any atom is -0.355 e. The van der Waals surface area contributed by atoms with Gasteiger partial charge >= 0.3 is 0 Å². The molecule has 0 radical (unpaired) electrons. The Bertz CT molecular complexity index is 154. The van der Waals surface area contributed by atoms with Crippen LogP contribution in [0.15, 0.2) is 37.7 Å². The molecule has 0 saturated carbocycles. The Morgan fingerprint density at radius 3 is 1.91 bits per heavy atom. The van der Waals surface area contributed by atoms with E-state index in [2.05, 4.69) is 35.4 Å². The number of hydrogen-bond donors (Lipinski definition) is 0. The second-order valence-electron chi connectivity index (χ2n) is 2.56. The molecule has 0 unspecified atom stereocenters. The quantitative estimate of drug-likeness (QED) is 0.559. The van der Waals surface area contributed by atoms with Crippen molar-refractivity contribution < 1.29 is 0 Å². The van der Waals surface area contributed by atoms with Gasteiger partial charge in [-0.15, -0.1) is 13.2 Å². The summed E-state index contributed by atoms with van der Waals surface area (Å²) < 4.78 is 0. The first-order valence-corrected chi connectivity index (χ1v) is 3.75. The Morgan fingerprint density at radius 2 is 1.55 bits per heavy atom. The van der Waals surface area contributed by atoms with Gasteiger partial charge in [-0.05, 0) is 0 Å². The molecule has 2 heteroatoms. The predicted molar refractivity (Wildman–Crippen MR) is 47.8 cm³/mol. The summed E-state index contributed by atoms with van der Waals surface area (Å²) in [6.07, 6.45) is 7.96. The Balaban J connectivity index is 2.30. The van der Waals surface area contributed by atoms with E-state index in [0.29, 0.717) is 0 Å². The van der Waals surface area contributed by atoms with Crippen molar-refractivity contribution in [2.45, 2.75) is 0 Å². The minimum absolute atomic E-state index is 0.921. The lowest BCUT2D eigenvalue weighted by atomic mass is 10.5. The second kappa shape index (κ2) is 3.86. The van der Waals surface area contributed by atoms with Crippen molar-refractivity contribution in [3.8, 4) is 0 Å². The van der Waals surface area contributed by atoms with Gasteiger partial charge in [0.15, 0.2) is 0 Å². The van der Waals surface area contributed by atoms with Gasteiger partial charge in [-0.25, -0.2) is 0 Å². The second-order valence-corrected chi connectivity index (χ2v) is 2.56. The molecule has 2 nitrogen and oxygen atoms in total. The SMILES string of the molecule is C=CCN1C=CN(CC=C)C1. The van der Waals surface area contributed by atoms with Crippen LogP contribution in [0.25, 0.3) is 0 Å². The molecular weight excluding hydrogens is 136 g/mol. The van der Waals surface area contributed by atoms with Gasteiger partial charge in [0.1, 0.15) is 0 Å². The molecule has 1 aliphatic rings. The topological polar surface area (TPSA) is 6.48 Å². The van der Waals surface area contributed by atoms with E-state index in [0.717, 1.165) is 19.8 Å². The van der Waals surface area contributed by atoms with Gasteiger partial charge in [0.25, 0.3) is 0 Å². The molecule has 1 rings (SSSR count). The van der Waals surface area contributed by atoms with Crippen molar-refractivity contribution in [1.29, 1.82) is 0 Å². The van der Waals surface area contributed by atoms with Crippen molar-refractivity contribution in [1.82, 2.24) is 9.80 Å². The molecule has 0 N–H and O–H groups in total. The van der Waals surface area contributed by atoms with Gasteiger partial charge in [-0.1, -0.05) is 12.2 Å². The third-order valence-corrected chi connectivity index (χ3v) is 1.58. The summed E-state index contributed by atoms with van der Waals surface area (Å²) in [5, 5.41) is 0. The molecule has 0 aromatic heterocycles. The van der Waals surface area contributed by atoms with Crippen LogP contribution in [0.1, 0.15) is 0 Å². The summed E-state index contributed by atoms with van der Waals surface area (Å²) in [4.78, 5) is 4.38. The maximum Gasteiger partial charge on any atom is 0.0900 e. The van der Waals surface area contributed by atoms with E-state index in [9.17, 15) is 0 Å². The van der Waals surface area contributed by atoms with E-state index >= 15 is 0 Å². The fourth-order valence-electron chi connectivity index (χ4n) is 1.08. The molecule has 0 aromatic carbocycles. The van der Waals surface area contributed by atoms with Crippen molar-refractivity contribution in [2.75, 3.05) is 19.8 Å². The van der Waals surface area contributed by atoms with Crippen LogP contribution in [0.5, 0.6) is 0 Å². The van der Waals surface area contributed by atoms with Gasteiger partial charge in [-0.2, -0.15) is 0 Å². The predicted octanol–water partition coefficient (Wildman–Crippen LogP) is 1.40. The summed E-state index contributed by atoms with van der Waals surface area (Å²) in [6.45, 7) is 10.2. The van der Waals surface area contributed by atoms with Crippen LogP contribution < -0.4 is 0 Å². The van der Waals surface area contributed by atoms with Crippen LogP contribution in [0.3, 0.4) is 0 Å². The van der Waals surface area contributed by atoms with E-state index in [1.54, 1.807) is 0 Å². The molecule has 0 atom stereocenters. The lowest BCUT2D eigenvalue weighted by Crippen LogP contribution is -2.25. The molecule has 60 valence electrons. The molecule has 0 saturated heterocycles. The maximum atomic E-state index is 3.68. The molecule has 0 aromatic rings. The Morgan fingerprint density at radius 1 is 1.09 bits per heavy atom. The maximum absolute atomic E-state index is 3.68. The Hall–Kier alpha value is -1.18. The summed E-state index contributed by atoms with van der Waals surface area (Å²) >= 11 is 0. The molecular formula is C9H14N2. The molecule has 0 fully saturated rings. The third kappa shape index (κ3) is 2.15. The summed E-state index contributed by atoms with van der Waals surface area (Å²) in [6, 6.07) is 0. The van der Waals surface area contributed by atoms with E-state index in [1.807, 2.05) is 12.2 Å². The number of nitrogens with zero attached hydrogens (tertiary/aromatic N) is 2. The number of hydrogen-bond acceptors (Lipinski definition) is 2. The van der Waals surface area contributed by atoms with Crippen molar-refractivity contribution in [3.05, 3.63) is 37.7 Å². The van der Waals surface area contributed by atoms with Gasteiger partial charge < -0.3 is 9.80 Å². The molecule has 0 aliphatic carbocycles. The molecule has 11 heavy (non-hydrogen) atoms. The normalized spacial score (nSPS) is 15.6. The van der Waals surface area contributed by atoms with Crippen LogP contribution >= 0.6 is 0 Å². The van der Waals surface area contributed by atoms with E-state index in [1.165, 1.54) is 0 Å². The standard InChI is InChI=1S/C9H14N2/c1-3-5-10-7-8-11(9-10)6-4-2/h3-4,7-8H,1-2,5-6,9H2. The van der Waals surface area contributed by atoms with Crippen LogP contribution in [-0.4, -0.2) is 29.6 Å². The first kappa shape index (κ1) is 7.92. The first-order chi connectivity index (χ1) is 5.36. The van der Waals surface area contributed by atoms with E-state index in [4.69, 9.17) is 0 Å². The smallest absolute Gasteiger partial charge is 0.0900 e. The molecule has 1 heterocycles. The summed E-state index contributed by atoms with van der Waals surface area (Å²) in [5.41, 5.74) is 0. The lowest BCUT2D eigenvalue weighted by Gasteiger charge is -2.18. The largest absolute Gasteiger partial charge is 0.355 e. The average molecular weight is 150 g/mol. The van der Waals surface area contributed by atoms with Gasteiger partial charge in [0, 0.05) is 25.5 Å². The summed E-state index contributed by atoms with van der Waals surface area (Å²) in [5.74, 6) is 0. The first-order valence-electron chi connectivity index (χ1n) is 3.75. The van der Waals surface area contributed by atoms with Gasteiger partial charge in [0.05, 0.1) is 6.67 Å². The van der Waals surface area contributed by atoms with Gasteiger partial charge in [0.2, 0.25) is 0 Å². The van der Waals surface area contributed by atoms with Crippen LogP contribution in [0.2, 0.25) is 0 Å². The molecule has 1 aliphatic heterocycles. The zero-order valence-electron chi connectivity index (χ0n) is 6.74. The van der Waals surface area contributed by atoms with E-state index < -0.39 is 0 Å². The lowest BCUT2D eigenvalue weighted by molar-refractivity contribution is 0.300. The molecule has 0 bridgehead atoms. The highest BCUT2D eigenvalue weighted by atomic mass is 15.3. The zero-order valence-corrected chi connectivity index (χ0v) is 6.74. The summed E-state index contributed by atoms with van der Waals surface area (Å²) in [7, 11) is 0. The van der Waals surface area contributed by atoms with Crippen molar-refractivity contribution in [2.24, 2.45) is 0 Å². The fraction of sp³-hybridized carbons (Fsp3) is 0.333. The minimum atomic E-state index is 0.921. The molecule has 0 amide bonds. The molecule has 0 spiro atoms. The third-order valence-electron chi connectivity index (χ3n) is 1.58. The monoisotopic (exact) mass is 150 g/mol. The number of rotatable bonds is 4. The highest BCUT2D eigenvalue weighted by Gasteiger charge is 2.07. The van der Waals surface area contributed by atoms with Crippen LogP contribution in [0, 0.1) is 0 Å². The van der Waals surface area contributed by atoms with Crippen molar-refractivity contribution >= 4 is 0 Å². The van der Waals surface area contributed by atoms with Gasteiger partial charge in [-0.3, -0.25) is 0 Å². The van der Waals surface area contributed by atoms with Crippen LogP contribution in [-0.2, 0) is 0 Å². The van der Waals surface area contributed by atoms with Crippen LogP contribution in [0.4, 0.5) is 0 Å². The Labute approximate surface area is 68.1 Å². The highest BCUT2D eigenvalue weighted by Crippen LogP contribution is 2.04. The highest BCUT2D eigenvalue weighted by molar-refractivity contribution is 4.95. The fourth-order valence-corrected chi connectivity index (χ4v) is 1.08. The zero-order chi connectivity index (χ0) is 8.10.